The second kappa shape index (κ2) is 20.3. The molecule has 2 fully saturated rings. The molecule has 0 bridgehead atoms. The molecule has 0 amide bonds. The summed E-state index contributed by atoms with van der Waals surface area (Å²) >= 11 is 1.74. The average molecular weight is 851 g/mol. The maximum Gasteiger partial charge on any atom is -1.00 e. The van der Waals surface area contributed by atoms with Gasteiger partial charge in [-0.25, -0.2) is 0 Å². The molecule has 0 nitrogen and oxygen atoms in total. The maximum absolute atomic E-state index is 2.47. The van der Waals surface area contributed by atoms with Crippen LogP contribution in [0.1, 0.15) is 101 Å². The standard InChI is InChI=1S/2C24H27.C2H6Si.2ClH.Zr/c2*1-3-18-9-11-20(12-10-18)22-8-6-7-21-15-19(16-23(21)22)17-24(2)13-4-5-14-24;1-3-2;;;/h2*6-12,15-16H,3-5,13-14,17H2,1-2H3;1-2H3;2*1H;/q2*-1;;;;+2/p-2. The van der Waals surface area contributed by atoms with E-state index < -0.39 is 0 Å². The van der Waals surface area contributed by atoms with Crippen molar-refractivity contribution in [3.05, 3.63) is 131 Å². The van der Waals surface area contributed by atoms with Gasteiger partial charge in [0.15, 0.2) is 0 Å². The van der Waals surface area contributed by atoms with Gasteiger partial charge in [-0.05, 0) is 84.5 Å². The van der Waals surface area contributed by atoms with Crippen molar-refractivity contribution < 1.29 is 48.1 Å². The van der Waals surface area contributed by atoms with E-state index in [9.17, 15) is 0 Å². The molecule has 54 heavy (non-hydrogen) atoms. The van der Waals surface area contributed by atoms with Crippen LogP contribution in [0, 0.1) is 10.8 Å². The van der Waals surface area contributed by atoms with Crippen LogP contribution in [0.2, 0.25) is 13.1 Å². The molecule has 4 heteroatoms. The van der Waals surface area contributed by atoms with Gasteiger partial charge in [0, 0.05) is 0 Å². The molecule has 284 valence electrons. The first-order valence-corrected chi connectivity index (χ1v) is 26.3. The van der Waals surface area contributed by atoms with E-state index in [1.807, 2.05) is 0 Å². The summed E-state index contributed by atoms with van der Waals surface area (Å²) in [6.07, 6.45) is 15.9. The van der Waals surface area contributed by atoms with Crippen LogP contribution in [0.5, 0.6) is 0 Å². The van der Waals surface area contributed by atoms with Gasteiger partial charge in [-0.1, -0.05) is 125 Å². The molecular formula is C50H60Cl2SiZr-2. The molecule has 0 unspecified atom stereocenters. The van der Waals surface area contributed by atoms with E-state index in [4.69, 9.17) is 0 Å². The van der Waals surface area contributed by atoms with E-state index in [2.05, 4.69) is 150 Å². The zero-order valence-electron chi connectivity index (χ0n) is 33.6. The van der Waals surface area contributed by atoms with Crippen molar-refractivity contribution in [2.45, 2.75) is 118 Å². The third-order valence-corrected chi connectivity index (χ3v) is 11.9. The van der Waals surface area contributed by atoms with Crippen molar-refractivity contribution in [1.29, 1.82) is 0 Å². The molecule has 2 saturated carbocycles. The summed E-state index contributed by atoms with van der Waals surface area (Å²) in [5, 5.41) is 5.61. The Balaban J connectivity index is 0.000000212. The van der Waals surface area contributed by atoms with Crippen LogP contribution in [0.4, 0.5) is 0 Å². The normalized spacial score (nSPS) is 15.4. The summed E-state index contributed by atoms with van der Waals surface area (Å²) in [6, 6.07) is 41.3. The Morgan fingerprint density at radius 1 is 0.556 bits per heavy atom. The van der Waals surface area contributed by atoms with E-state index in [-0.39, 0.29) is 30.2 Å². The van der Waals surface area contributed by atoms with Gasteiger partial charge in [0.25, 0.3) is 0 Å². The Bertz CT molecular complexity index is 1920. The average Bonchev–Trinajstić information content (AvgIpc) is 3.95. The number of halogens is 2. The molecule has 2 aliphatic rings. The molecule has 0 aliphatic heterocycles. The van der Waals surface area contributed by atoms with Crippen molar-refractivity contribution in [2.75, 3.05) is 0 Å². The SMILES string of the molecule is CCc1ccc(-c2cccc3[cH-]c(CC4(C)CCCC4)cc23)cc1.CCc1ccc(-c2cccc3[cH-]c(CC4(C)CCCC4)cc23)cc1.C[Si](C)=[Zr+2].[Cl-].[Cl-]. The van der Waals surface area contributed by atoms with Gasteiger partial charge < -0.3 is 24.8 Å². The first-order chi connectivity index (χ1) is 25.1. The molecule has 6 aromatic rings. The molecule has 0 N–H and O–H groups in total. The second-order valence-corrected chi connectivity index (χ2v) is 26.2. The molecule has 0 radical (unpaired) electrons. The Morgan fingerprint density at radius 3 is 1.20 bits per heavy atom. The molecule has 8 rings (SSSR count). The summed E-state index contributed by atoms with van der Waals surface area (Å²) in [7, 11) is 0. The van der Waals surface area contributed by atoms with Gasteiger partial charge >= 0.3 is 41.9 Å². The van der Waals surface area contributed by atoms with E-state index in [0.29, 0.717) is 10.8 Å². The smallest absolute Gasteiger partial charge is 1.00 e. The fraction of sp³-hybridized carbons (Fsp3) is 0.400. The summed E-state index contributed by atoms with van der Waals surface area (Å²) < 4.78 is 0. The van der Waals surface area contributed by atoms with Gasteiger partial charge in [0.05, 0.1) is 0 Å². The minimum Gasteiger partial charge on any atom is -1.00 e. The Labute approximate surface area is 354 Å². The predicted molar refractivity (Wildman–Crippen MR) is 227 cm³/mol. The van der Waals surface area contributed by atoms with Crippen LogP contribution in [0.25, 0.3) is 43.8 Å². The number of benzene rings is 4. The quantitative estimate of drug-likeness (QED) is 0.106. The molecule has 0 atom stereocenters. The van der Waals surface area contributed by atoms with Crippen molar-refractivity contribution in [3.63, 3.8) is 0 Å². The van der Waals surface area contributed by atoms with Crippen molar-refractivity contribution in [2.24, 2.45) is 10.8 Å². The van der Waals surface area contributed by atoms with Gasteiger partial charge in [-0.2, -0.15) is 12.1 Å². The fourth-order valence-corrected chi connectivity index (χ4v) is 8.94. The summed E-state index contributed by atoms with van der Waals surface area (Å²) in [5.74, 6) is 0. The van der Waals surface area contributed by atoms with Crippen LogP contribution in [0.15, 0.2) is 109 Å². The van der Waals surface area contributed by atoms with Crippen LogP contribution < -0.4 is 24.8 Å². The van der Waals surface area contributed by atoms with Crippen molar-refractivity contribution in [1.82, 2.24) is 0 Å². The molecule has 0 aromatic heterocycles. The van der Waals surface area contributed by atoms with Crippen LogP contribution >= 0.6 is 0 Å². The largest absolute Gasteiger partial charge is 1.00 e. The van der Waals surface area contributed by atoms with Crippen LogP contribution in [-0.4, -0.2) is 5.43 Å². The Morgan fingerprint density at radius 2 is 0.889 bits per heavy atom. The molecule has 0 saturated heterocycles. The zero-order valence-corrected chi connectivity index (χ0v) is 38.6. The zero-order chi connectivity index (χ0) is 36.7. The summed E-state index contributed by atoms with van der Waals surface area (Å²) in [5.41, 5.74) is 12.5. The molecule has 0 spiro atoms. The Hall–Kier alpha value is -2.22. The first kappa shape index (κ1) is 44.5. The minimum absolute atomic E-state index is 0. The monoisotopic (exact) mass is 848 g/mol. The number of rotatable bonds is 8. The van der Waals surface area contributed by atoms with Gasteiger partial charge in [0.1, 0.15) is 0 Å². The molecular weight excluding hydrogens is 791 g/mol. The summed E-state index contributed by atoms with van der Waals surface area (Å²) in [6.45, 7) is 14.0. The van der Waals surface area contributed by atoms with Crippen LogP contribution in [-0.2, 0) is 49.0 Å². The number of hydrogen-bond acceptors (Lipinski definition) is 0. The van der Waals surface area contributed by atoms with Gasteiger partial charge in [-0.3, -0.25) is 0 Å². The van der Waals surface area contributed by atoms with E-state index in [1.54, 1.807) is 23.3 Å². The van der Waals surface area contributed by atoms with Crippen molar-refractivity contribution in [3.8, 4) is 22.3 Å². The number of aryl methyl sites for hydroxylation is 2. The van der Waals surface area contributed by atoms with E-state index in [0.717, 1.165) is 12.8 Å². The summed E-state index contributed by atoms with van der Waals surface area (Å²) in [4.78, 5) is 0. The van der Waals surface area contributed by atoms with E-state index >= 15 is 0 Å². The van der Waals surface area contributed by atoms with E-state index in [1.165, 1.54) is 130 Å². The first-order valence-electron chi connectivity index (χ1n) is 20.1. The Kier molecular flexibility index (Phi) is 16.7. The minimum atomic E-state index is 0. The number of fused-ring (bicyclic) bond motifs is 2. The van der Waals surface area contributed by atoms with Gasteiger partial charge in [0.2, 0.25) is 0 Å². The second-order valence-electron chi connectivity index (χ2n) is 16.8. The molecule has 2 aliphatic carbocycles. The molecule has 0 heterocycles. The van der Waals surface area contributed by atoms with Gasteiger partial charge in [-0.15, -0.1) is 69.1 Å². The molecule has 6 aromatic carbocycles. The number of hydrogen-bond donors (Lipinski definition) is 0. The maximum atomic E-state index is 2.47. The fourth-order valence-electron chi connectivity index (χ4n) is 8.94. The topological polar surface area (TPSA) is 0 Å². The third kappa shape index (κ3) is 11.4. The van der Waals surface area contributed by atoms with Crippen molar-refractivity contribution >= 4 is 27.0 Å². The van der Waals surface area contributed by atoms with Crippen LogP contribution in [0.3, 0.4) is 0 Å². The third-order valence-electron chi connectivity index (χ3n) is 11.9. The predicted octanol–water partition coefficient (Wildman–Crippen LogP) is 8.61.